The molecule has 1 aromatic rings. The Balaban J connectivity index is 2.11. The van der Waals surface area contributed by atoms with Gasteiger partial charge in [-0.15, -0.1) is 0 Å². The Morgan fingerprint density at radius 3 is 2.80 bits per heavy atom. The fraction of sp³-hybridized carbons (Fsp3) is 0.647. The number of nitrogens with zero attached hydrogens (tertiary/aromatic N) is 3. The highest BCUT2D eigenvalue weighted by Gasteiger charge is 2.28. The highest BCUT2D eigenvalue weighted by atomic mass is 15.2. The summed E-state index contributed by atoms with van der Waals surface area (Å²) >= 11 is 0. The van der Waals surface area contributed by atoms with Crippen LogP contribution in [0.25, 0.3) is 0 Å². The predicted octanol–water partition coefficient (Wildman–Crippen LogP) is 3.68. The van der Waals surface area contributed by atoms with Crippen LogP contribution in [0.4, 0.5) is 0 Å². The summed E-state index contributed by atoms with van der Waals surface area (Å²) in [5.41, 5.74) is 2.18. The van der Waals surface area contributed by atoms with Gasteiger partial charge in [0, 0.05) is 18.3 Å². The summed E-state index contributed by atoms with van der Waals surface area (Å²) in [6.45, 7) is 6.07. The molecule has 0 amide bonds. The molecule has 2 unspecified atom stereocenters. The Kier molecular flexibility index (Phi) is 5.55. The number of pyridine rings is 1. The van der Waals surface area contributed by atoms with Crippen LogP contribution in [0.5, 0.6) is 0 Å². The second-order valence-corrected chi connectivity index (χ2v) is 5.77. The highest BCUT2D eigenvalue weighted by Crippen LogP contribution is 2.27. The minimum atomic E-state index is 0.183. The minimum Gasteiger partial charge on any atom is -0.294 e. The Morgan fingerprint density at radius 2 is 2.10 bits per heavy atom. The summed E-state index contributed by atoms with van der Waals surface area (Å²) in [7, 11) is 0. The lowest BCUT2D eigenvalue weighted by molar-refractivity contribution is 0.151. The fourth-order valence-electron chi connectivity index (χ4n) is 3.23. The smallest absolute Gasteiger partial charge is 0.0672 e. The van der Waals surface area contributed by atoms with E-state index in [9.17, 15) is 5.26 Å². The standard InChI is InChI=1S/C17H25N3/c1-3-20(13-16-10-7-8-14(2)19-16)17-11-6-4-5-9-15(17)12-18/h7-8,10,15,17H,3-6,9,11,13H2,1-2H3. The number of hydrogen-bond acceptors (Lipinski definition) is 3. The van der Waals surface area contributed by atoms with E-state index >= 15 is 0 Å². The largest absolute Gasteiger partial charge is 0.294 e. The minimum absolute atomic E-state index is 0.183. The lowest BCUT2D eigenvalue weighted by Gasteiger charge is -2.32. The summed E-state index contributed by atoms with van der Waals surface area (Å²) in [5.74, 6) is 0.183. The van der Waals surface area contributed by atoms with Crippen LogP contribution in [0.2, 0.25) is 0 Å². The molecular weight excluding hydrogens is 246 g/mol. The normalized spacial score (nSPS) is 23.3. The quantitative estimate of drug-likeness (QED) is 0.784. The lowest BCUT2D eigenvalue weighted by Crippen LogP contribution is -2.39. The SMILES string of the molecule is CCN(Cc1cccc(C)n1)C1CCCCCC1C#N. The molecule has 3 nitrogen and oxygen atoms in total. The van der Waals surface area contributed by atoms with Crippen molar-refractivity contribution in [2.45, 2.75) is 58.5 Å². The second kappa shape index (κ2) is 7.40. The zero-order valence-corrected chi connectivity index (χ0v) is 12.7. The molecule has 0 radical (unpaired) electrons. The van der Waals surface area contributed by atoms with Crippen molar-refractivity contribution < 1.29 is 0 Å². The Hall–Kier alpha value is -1.40. The van der Waals surface area contributed by atoms with Gasteiger partial charge in [0.2, 0.25) is 0 Å². The monoisotopic (exact) mass is 271 g/mol. The molecule has 1 aliphatic rings. The Bertz CT molecular complexity index is 464. The Morgan fingerprint density at radius 1 is 1.30 bits per heavy atom. The van der Waals surface area contributed by atoms with Crippen LogP contribution in [-0.4, -0.2) is 22.5 Å². The summed E-state index contributed by atoms with van der Waals surface area (Å²) in [6.07, 6.45) is 5.93. The van der Waals surface area contributed by atoms with Crippen LogP contribution in [0.1, 0.15) is 50.4 Å². The average Bonchev–Trinajstić information content (AvgIpc) is 2.70. The van der Waals surface area contributed by atoms with E-state index in [-0.39, 0.29) is 5.92 Å². The summed E-state index contributed by atoms with van der Waals surface area (Å²) in [6, 6.07) is 9.13. The third kappa shape index (κ3) is 3.80. The molecule has 0 bridgehead atoms. The van der Waals surface area contributed by atoms with Crippen molar-refractivity contribution in [3.63, 3.8) is 0 Å². The van der Waals surface area contributed by atoms with Gasteiger partial charge in [0.15, 0.2) is 0 Å². The van der Waals surface area contributed by atoms with Gasteiger partial charge in [-0.05, 0) is 38.4 Å². The molecule has 1 fully saturated rings. The molecule has 2 atom stereocenters. The van der Waals surface area contributed by atoms with E-state index < -0.39 is 0 Å². The molecule has 1 heterocycles. The number of rotatable bonds is 4. The number of nitriles is 1. The highest BCUT2D eigenvalue weighted by molar-refractivity contribution is 5.10. The van der Waals surface area contributed by atoms with Crippen molar-refractivity contribution in [3.05, 3.63) is 29.6 Å². The second-order valence-electron chi connectivity index (χ2n) is 5.77. The summed E-state index contributed by atoms with van der Waals surface area (Å²) in [5, 5.41) is 9.45. The third-order valence-electron chi connectivity index (χ3n) is 4.33. The van der Waals surface area contributed by atoms with E-state index in [1.807, 2.05) is 13.0 Å². The van der Waals surface area contributed by atoms with Gasteiger partial charge in [-0.2, -0.15) is 5.26 Å². The molecule has 0 aromatic carbocycles. The number of aromatic nitrogens is 1. The molecule has 3 heteroatoms. The molecule has 2 rings (SSSR count). The zero-order valence-electron chi connectivity index (χ0n) is 12.7. The van der Waals surface area contributed by atoms with E-state index in [1.54, 1.807) is 0 Å². The van der Waals surface area contributed by atoms with Crippen LogP contribution < -0.4 is 0 Å². The summed E-state index contributed by atoms with van der Waals surface area (Å²) in [4.78, 5) is 7.05. The van der Waals surface area contributed by atoms with Gasteiger partial charge >= 0.3 is 0 Å². The van der Waals surface area contributed by atoms with Crippen molar-refractivity contribution in [2.75, 3.05) is 6.54 Å². The Labute approximate surface area is 122 Å². The van der Waals surface area contributed by atoms with Crippen molar-refractivity contribution in [1.29, 1.82) is 5.26 Å². The topological polar surface area (TPSA) is 39.9 Å². The van der Waals surface area contributed by atoms with E-state index in [0.29, 0.717) is 6.04 Å². The maximum absolute atomic E-state index is 9.45. The lowest BCUT2D eigenvalue weighted by atomic mass is 9.94. The molecule has 1 saturated carbocycles. The van der Waals surface area contributed by atoms with Gasteiger partial charge in [0.25, 0.3) is 0 Å². The van der Waals surface area contributed by atoms with Crippen molar-refractivity contribution in [1.82, 2.24) is 9.88 Å². The molecule has 0 aliphatic heterocycles. The fourth-order valence-corrected chi connectivity index (χ4v) is 3.23. The first kappa shape index (κ1) is 15.0. The van der Waals surface area contributed by atoms with Crippen LogP contribution in [-0.2, 0) is 6.54 Å². The molecule has 0 saturated heterocycles. The van der Waals surface area contributed by atoms with Gasteiger partial charge in [0.05, 0.1) is 17.7 Å². The number of hydrogen-bond donors (Lipinski definition) is 0. The predicted molar refractivity (Wildman–Crippen MR) is 81.0 cm³/mol. The van der Waals surface area contributed by atoms with Crippen LogP contribution in [0.15, 0.2) is 18.2 Å². The van der Waals surface area contributed by atoms with Crippen molar-refractivity contribution in [2.24, 2.45) is 5.92 Å². The molecule has 1 aliphatic carbocycles. The average molecular weight is 271 g/mol. The van der Waals surface area contributed by atoms with Gasteiger partial charge < -0.3 is 0 Å². The molecule has 0 N–H and O–H groups in total. The van der Waals surface area contributed by atoms with Gasteiger partial charge in [0.1, 0.15) is 0 Å². The number of aryl methyl sites for hydroxylation is 1. The van der Waals surface area contributed by atoms with E-state index in [0.717, 1.165) is 37.3 Å². The molecule has 20 heavy (non-hydrogen) atoms. The van der Waals surface area contributed by atoms with Crippen molar-refractivity contribution in [3.8, 4) is 6.07 Å². The molecule has 108 valence electrons. The first-order valence-electron chi connectivity index (χ1n) is 7.80. The molecular formula is C17H25N3. The third-order valence-corrected chi connectivity index (χ3v) is 4.33. The maximum Gasteiger partial charge on any atom is 0.0672 e. The first-order chi connectivity index (χ1) is 9.74. The zero-order chi connectivity index (χ0) is 14.4. The van der Waals surface area contributed by atoms with Crippen LogP contribution in [0, 0.1) is 24.2 Å². The van der Waals surface area contributed by atoms with Crippen LogP contribution in [0.3, 0.4) is 0 Å². The first-order valence-corrected chi connectivity index (χ1v) is 7.80. The summed E-state index contributed by atoms with van der Waals surface area (Å²) < 4.78 is 0. The molecule has 1 aromatic heterocycles. The van der Waals surface area contributed by atoms with E-state index in [1.165, 1.54) is 19.3 Å². The maximum atomic E-state index is 9.45. The van der Waals surface area contributed by atoms with E-state index in [4.69, 9.17) is 0 Å². The van der Waals surface area contributed by atoms with Crippen molar-refractivity contribution >= 4 is 0 Å². The van der Waals surface area contributed by atoms with E-state index in [2.05, 4.69) is 35.0 Å². The van der Waals surface area contributed by atoms with Crippen LogP contribution >= 0.6 is 0 Å². The van der Waals surface area contributed by atoms with Gasteiger partial charge in [-0.1, -0.05) is 32.3 Å². The molecule has 0 spiro atoms. The van der Waals surface area contributed by atoms with Gasteiger partial charge in [-0.3, -0.25) is 9.88 Å². The van der Waals surface area contributed by atoms with Gasteiger partial charge in [-0.25, -0.2) is 0 Å².